The fourth-order valence-corrected chi connectivity index (χ4v) is 5.38. The third kappa shape index (κ3) is 5.29. The molecule has 0 unspecified atom stereocenters. The monoisotopic (exact) mass is 387 g/mol. The van der Waals surface area contributed by atoms with Crippen LogP contribution < -0.4 is 0 Å². The lowest BCUT2D eigenvalue weighted by atomic mass is 10.1. The molecule has 0 saturated carbocycles. The first kappa shape index (κ1) is 19.3. The number of hydrogen-bond acceptors (Lipinski definition) is 4. The predicted molar refractivity (Wildman–Crippen MR) is 111 cm³/mol. The lowest BCUT2D eigenvalue weighted by molar-refractivity contribution is -0.176. The lowest BCUT2D eigenvalue weighted by Gasteiger charge is -2.21. The molecule has 3 rings (SSSR count). The summed E-state index contributed by atoms with van der Waals surface area (Å²) in [4.78, 5) is 18.0. The number of carbonyl (C=O) groups excluding carboxylic acids is 1. The maximum atomic E-state index is 12.6. The molecule has 1 fully saturated rings. The van der Waals surface area contributed by atoms with Crippen LogP contribution in [0.2, 0.25) is 0 Å². The zero-order valence-electron chi connectivity index (χ0n) is 15.0. The van der Waals surface area contributed by atoms with E-state index in [-0.39, 0.29) is 17.9 Å². The Balaban J connectivity index is 1.46. The van der Waals surface area contributed by atoms with Gasteiger partial charge in [-0.05, 0) is 17.5 Å². The molecule has 138 valence electrons. The average Bonchev–Trinajstić information content (AvgIpc) is 2.98. The van der Waals surface area contributed by atoms with E-state index in [2.05, 4.69) is 48.5 Å². The van der Waals surface area contributed by atoms with Gasteiger partial charge in [-0.15, -0.1) is 0 Å². The van der Waals surface area contributed by atoms with Crippen LogP contribution in [0.1, 0.15) is 17.5 Å². The van der Waals surface area contributed by atoms with Crippen molar-refractivity contribution in [3.8, 4) is 0 Å². The third-order valence-electron chi connectivity index (χ3n) is 4.50. The summed E-state index contributed by atoms with van der Waals surface area (Å²) in [5.41, 5.74) is 2.63. The van der Waals surface area contributed by atoms with Crippen LogP contribution in [0.5, 0.6) is 0 Å². The van der Waals surface area contributed by atoms with E-state index in [0.29, 0.717) is 0 Å². The van der Waals surface area contributed by atoms with E-state index in [4.69, 9.17) is 4.84 Å². The molecule has 0 aliphatic carbocycles. The topological polar surface area (TPSA) is 29.5 Å². The quantitative estimate of drug-likeness (QED) is 0.627. The van der Waals surface area contributed by atoms with Crippen LogP contribution in [0, 0.1) is 5.92 Å². The molecule has 0 aromatic heterocycles. The molecular formula is C21H25NO2S2. The van der Waals surface area contributed by atoms with Gasteiger partial charge in [-0.3, -0.25) is 9.63 Å². The lowest BCUT2D eigenvalue weighted by Crippen LogP contribution is -2.34. The van der Waals surface area contributed by atoms with Gasteiger partial charge >= 0.3 is 0 Å². The standard InChI is InChI=1S/C21H25NO2S2/c1-24-22-20(16-26-14-18-10-6-3-7-11-18)12-19(21(22)23)15-25-13-17-8-4-2-5-9-17/h2-11,19-20H,12-16H2,1H3/t19-,20+/m0/s1. The number of amides is 1. The number of thioether (sulfide) groups is 2. The number of rotatable bonds is 9. The van der Waals surface area contributed by atoms with Crippen LogP contribution in [0.15, 0.2) is 60.7 Å². The molecule has 1 saturated heterocycles. The summed E-state index contributed by atoms with van der Waals surface area (Å²) >= 11 is 3.70. The van der Waals surface area contributed by atoms with Gasteiger partial charge in [0, 0.05) is 23.0 Å². The van der Waals surface area contributed by atoms with Crippen LogP contribution in [-0.4, -0.2) is 35.6 Å². The van der Waals surface area contributed by atoms with Gasteiger partial charge in [0.05, 0.1) is 19.1 Å². The fraction of sp³-hybridized carbons (Fsp3) is 0.381. The van der Waals surface area contributed by atoms with Crippen molar-refractivity contribution in [1.82, 2.24) is 5.06 Å². The fourth-order valence-electron chi connectivity index (χ4n) is 3.18. The predicted octanol–water partition coefficient (Wildman–Crippen LogP) is 4.63. The van der Waals surface area contributed by atoms with Crippen LogP contribution in [0.4, 0.5) is 0 Å². The minimum Gasteiger partial charge on any atom is -0.274 e. The molecule has 1 aliphatic rings. The minimum atomic E-state index is 0.0611. The number of nitrogens with zero attached hydrogens (tertiary/aromatic N) is 1. The molecule has 0 N–H and O–H groups in total. The number of carbonyl (C=O) groups is 1. The molecule has 1 heterocycles. The maximum absolute atomic E-state index is 12.6. The summed E-state index contributed by atoms with van der Waals surface area (Å²) in [5, 5.41) is 1.60. The van der Waals surface area contributed by atoms with E-state index in [1.165, 1.54) is 11.1 Å². The molecule has 2 atom stereocenters. The van der Waals surface area contributed by atoms with Crippen LogP contribution in [0.3, 0.4) is 0 Å². The second kappa shape index (κ2) is 10.0. The molecule has 5 heteroatoms. The van der Waals surface area contributed by atoms with Gasteiger partial charge in [0.2, 0.25) is 5.91 Å². The van der Waals surface area contributed by atoms with Crippen molar-refractivity contribution in [3.63, 3.8) is 0 Å². The molecule has 1 amide bonds. The normalized spacial score (nSPS) is 19.9. The highest BCUT2D eigenvalue weighted by atomic mass is 32.2. The van der Waals surface area contributed by atoms with E-state index < -0.39 is 0 Å². The van der Waals surface area contributed by atoms with Gasteiger partial charge < -0.3 is 0 Å². The summed E-state index contributed by atoms with van der Waals surface area (Å²) in [6, 6.07) is 21.0. The maximum Gasteiger partial charge on any atom is 0.250 e. The molecule has 2 aromatic carbocycles. The highest BCUT2D eigenvalue weighted by Gasteiger charge is 2.39. The summed E-state index contributed by atoms with van der Waals surface area (Å²) in [5.74, 6) is 3.88. The second-order valence-corrected chi connectivity index (χ2v) is 8.50. The highest BCUT2D eigenvalue weighted by Crippen LogP contribution is 2.31. The van der Waals surface area contributed by atoms with Crippen molar-refractivity contribution < 1.29 is 9.63 Å². The van der Waals surface area contributed by atoms with Gasteiger partial charge in [0.15, 0.2) is 0 Å². The Kier molecular flexibility index (Phi) is 7.47. The minimum absolute atomic E-state index is 0.0611. The zero-order chi connectivity index (χ0) is 18.2. The second-order valence-electron chi connectivity index (χ2n) is 6.43. The summed E-state index contributed by atoms with van der Waals surface area (Å²) in [7, 11) is 1.60. The average molecular weight is 388 g/mol. The third-order valence-corrected chi connectivity index (χ3v) is 6.84. The Labute approximate surface area is 164 Å². The Morgan fingerprint density at radius 1 is 0.923 bits per heavy atom. The van der Waals surface area contributed by atoms with Crippen LogP contribution in [0.25, 0.3) is 0 Å². The molecule has 1 aliphatic heterocycles. The van der Waals surface area contributed by atoms with Gasteiger partial charge in [-0.1, -0.05) is 60.7 Å². The van der Waals surface area contributed by atoms with Crippen molar-refractivity contribution in [2.45, 2.75) is 24.0 Å². The van der Waals surface area contributed by atoms with E-state index >= 15 is 0 Å². The summed E-state index contributed by atoms with van der Waals surface area (Å²) in [6.45, 7) is 0. The van der Waals surface area contributed by atoms with E-state index in [9.17, 15) is 4.79 Å². The van der Waals surface area contributed by atoms with Gasteiger partial charge in [-0.2, -0.15) is 23.5 Å². The number of hydroxylamine groups is 2. The Hall–Kier alpha value is -1.43. The first-order chi connectivity index (χ1) is 12.8. The highest BCUT2D eigenvalue weighted by molar-refractivity contribution is 7.98. The number of hydrogen-bond donors (Lipinski definition) is 0. The van der Waals surface area contributed by atoms with Crippen molar-refractivity contribution in [1.29, 1.82) is 0 Å². The van der Waals surface area contributed by atoms with Crippen LogP contribution >= 0.6 is 23.5 Å². The van der Waals surface area contributed by atoms with Gasteiger partial charge in [-0.25, -0.2) is 5.06 Å². The smallest absolute Gasteiger partial charge is 0.250 e. The first-order valence-electron chi connectivity index (χ1n) is 8.88. The van der Waals surface area contributed by atoms with Gasteiger partial charge in [0.1, 0.15) is 0 Å². The summed E-state index contributed by atoms with van der Waals surface area (Å²) in [6.07, 6.45) is 0.885. The molecule has 0 bridgehead atoms. The van der Waals surface area contributed by atoms with Crippen molar-refractivity contribution in [2.24, 2.45) is 5.92 Å². The first-order valence-corrected chi connectivity index (χ1v) is 11.2. The molecule has 3 nitrogen and oxygen atoms in total. The van der Waals surface area contributed by atoms with E-state index in [1.54, 1.807) is 12.2 Å². The zero-order valence-corrected chi connectivity index (χ0v) is 16.7. The molecular weight excluding hydrogens is 362 g/mol. The van der Waals surface area contributed by atoms with Crippen molar-refractivity contribution in [3.05, 3.63) is 71.8 Å². The Bertz CT molecular complexity index is 681. The SMILES string of the molecule is CON1C(=O)[C@H](CSCc2ccccc2)C[C@@H]1CSCc1ccccc1. The van der Waals surface area contributed by atoms with Gasteiger partial charge in [0.25, 0.3) is 0 Å². The van der Waals surface area contributed by atoms with Crippen molar-refractivity contribution >= 4 is 29.4 Å². The van der Waals surface area contributed by atoms with Crippen LogP contribution in [-0.2, 0) is 21.1 Å². The van der Waals surface area contributed by atoms with Crippen molar-refractivity contribution in [2.75, 3.05) is 18.6 Å². The van der Waals surface area contributed by atoms with E-state index in [1.807, 2.05) is 35.7 Å². The van der Waals surface area contributed by atoms with E-state index in [0.717, 1.165) is 29.4 Å². The molecule has 0 radical (unpaired) electrons. The molecule has 26 heavy (non-hydrogen) atoms. The largest absolute Gasteiger partial charge is 0.274 e. The molecule has 2 aromatic rings. The number of benzene rings is 2. The molecule has 0 spiro atoms. The Morgan fingerprint density at radius 2 is 1.46 bits per heavy atom. The summed E-state index contributed by atoms with van der Waals surface area (Å²) < 4.78 is 0. The Morgan fingerprint density at radius 3 is 2.00 bits per heavy atom.